The van der Waals surface area contributed by atoms with Crippen molar-refractivity contribution in [3.8, 4) is 5.75 Å². The van der Waals surface area contributed by atoms with E-state index in [1.165, 1.54) is 5.39 Å². The lowest BCUT2D eigenvalue weighted by Gasteiger charge is -2.06. The predicted octanol–water partition coefficient (Wildman–Crippen LogP) is 1.64. The van der Waals surface area contributed by atoms with Gasteiger partial charge in [-0.2, -0.15) is 0 Å². The van der Waals surface area contributed by atoms with Crippen molar-refractivity contribution in [3.05, 3.63) is 42.0 Å². The molecule has 84 valence electrons. The van der Waals surface area contributed by atoms with Crippen LogP contribution in [0.5, 0.6) is 5.75 Å². The highest BCUT2D eigenvalue weighted by atomic mass is 16.5. The Balaban J connectivity index is 2.32. The molecule has 0 amide bonds. The number of ether oxygens (including phenoxy) is 1. The molecule has 2 aromatic carbocycles. The molecule has 2 rings (SSSR count). The lowest BCUT2D eigenvalue weighted by Crippen LogP contribution is -2.10. The van der Waals surface area contributed by atoms with E-state index in [1.807, 2.05) is 24.3 Å². The third kappa shape index (κ3) is 2.32. The van der Waals surface area contributed by atoms with Gasteiger partial charge in [0, 0.05) is 13.1 Å². The lowest BCUT2D eigenvalue weighted by molar-refractivity contribution is 0.329. The van der Waals surface area contributed by atoms with Crippen molar-refractivity contribution in [1.29, 1.82) is 0 Å². The summed E-state index contributed by atoms with van der Waals surface area (Å²) in [6.45, 7) is 1.65. The van der Waals surface area contributed by atoms with Gasteiger partial charge in [0.2, 0.25) is 0 Å². The lowest BCUT2D eigenvalue weighted by atomic mass is 10.1. The minimum Gasteiger partial charge on any atom is -0.492 e. The molecule has 0 bridgehead atoms. The first-order chi connectivity index (χ1) is 7.83. The van der Waals surface area contributed by atoms with Crippen LogP contribution in [0.25, 0.3) is 10.8 Å². The average molecular weight is 216 g/mol. The van der Waals surface area contributed by atoms with Crippen molar-refractivity contribution in [2.75, 3.05) is 13.2 Å². The zero-order valence-electron chi connectivity index (χ0n) is 9.15. The van der Waals surface area contributed by atoms with Crippen molar-refractivity contribution in [1.82, 2.24) is 0 Å². The number of rotatable bonds is 4. The number of fused-ring (bicyclic) bond motifs is 1. The van der Waals surface area contributed by atoms with Crippen LogP contribution in [0, 0.1) is 0 Å². The molecule has 3 nitrogen and oxygen atoms in total. The van der Waals surface area contributed by atoms with E-state index in [-0.39, 0.29) is 0 Å². The fourth-order valence-electron chi connectivity index (χ4n) is 1.67. The first-order valence-electron chi connectivity index (χ1n) is 5.39. The molecule has 2 aromatic rings. The summed E-state index contributed by atoms with van der Waals surface area (Å²) in [5.74, 6) is 0.860. The van der Waals surface area contributed by atoms with Crippen molar-refractivity contribution >= 4 is 10.8 Å². The normalized spacial score (nSPS) is 10.6. The smallest absolute Gasteiger partial charge is 0.120 e. The molecule has 0 saturated carbocycles. The summed E-state index contributed by atoms with van der Waals surface area (Å²) in [6.07, 6.45) is 0. The fraction of sp³-hybridized carbons (Fsp3) is 0.231. The van der Waals surface area contributed by atoms with Crippen molar-refractivity contribution in [3.63, 3.8) is 0 Å². The Hall–Kier alpha value is -1.58. The minimum atomic E-state index is 0.532. The highest BCUT2D eigenvalue weighted by Gasteiger charge is 1.98. The molecule has 0 saturated heterocycles. The van der Waals surface area contributed by atoms with Crippen LogP contribution in [0.3, 0.4) is 0 Å². The van der Waals surface area contributed by atoms with Gasteiger partial charge in [0.25, 0.3) is 0 Å². The maximum atomic E-state index is 5.60. The Morgan fingerprint density at radius 1 is 0.938 bits per heavy atom. The van der Waals surface area contributed by atoms with Gasteiger partial charge in [-0.05, 0) is 34.5 Å². The van der Waals surface area contributed by atoms with Crippen LogP contribution in [-0.4, -0.2) is 13.2 Å². The van der Waals surface area contributed by atoms with E-state index in [0.29, 0.717) is 19.7 Å². The second-order valence-electron chi connectivity index (χ2n) is 3.68. The Labute approximate surface area is 95.0 Å². The molecule has 0 heterocycles. The van der Waals surface area contributed by atoms with Gasteiger partial charge in [0.15, 0.2) is 0 Å². The molecule has 0 aliphatic heterocycles. The molecule has 0 aliphatic carbocycles. The number of benzene rings is 2. The zero-order chi connectivity index (χ0) is 11.4. The minimum absolute atomic E-state index is 0.532. The molecule has 0 aromatic heterocycles. The second-order valence-corrected chi connectivity index (χ2v) is 3.68. The van der Waals surface area contributed by atoms with Gasteiger partial charge >= 0.3 is 0 Å². The summed E-state index contributed by atoms with van der Waals surface area (Å²) in [5.41, 5.74) is 12.1. The van der Waals surface area contributed by atoms with Crippen LogP contribution in [-0.2, 0) is 6.54 Å². The number of hydrogen-bond acceptors (Lipinski definition) is 3. The van der Waals surface area contributed by atoms with Gasteiger partial charge in [-0.15, -0.1) is 0 Å². The van der Waals surface area contributed by atoms with Crippen LogP contribution in [0.2, 0.25) is 0 Å². The third-order valence-electron chi connectivity index (χ3n) is 2.50. The van der Waals surface area contributed by atoms with E-state index in [4.69, 9.17) is 16.2 Å². The zero-order valence-corrected chi connectivity index (χ0v) is 9.15. The molecule has 16 heavy (non-hydrogen) atoms. The van der Waals surface area contributed by atoms with Gasteiger partial charge in [0.05, 0.1) is 0 Å². The molecule has 0 fully saturated rings. The molecule has 4 N–H and O–H groups in total. The molecule has 0 spiro atoms. The molecular formula is C13H16N2O. The summed E-state index contributed by atoms with van der Waals surface area (Å²) in [5, 5.41) is 2.34. The maximum Gasteiger partial charge on any atom is 0.120 e. The largest absolute Gasteiger partial charge is 0.492 e. The van der Waals surface area contributed by atoms with Gasteiger partial charge in [-0.3, -0.25) is 0 Å². The monoisotopic (exact) mass is 216 g/mol. The van der Waals surface area contributed by atoms with Crippen LogP contribution < -0.4 is 16.2 Å². The average Bonchev–Trinajstić information content (AvgIpc) is 2.35. The van der Waals surface area contributed by atoms with Crippen LogP contribution in [0.1, 0.15) is 5.56 Å². The Morgan fingerprint density at radius 3 is 2.44 bits per heavy atom. The van der Waals surface area contributed by atoms with E-state index in [0.717, 1.165) is 16.7 Å². The Bertz CT molecular complexity index is 482. The Morgan fingerprint density at radius 2 is 1.69 bits per heavy atom. The summed E-state index contributed by atoms with van der Waals surface area (Å²) < 4.78 is 5.47. The molecule has 3 heteroatoms. The third-order valence-corrected chi connectivity index (χ3v) is 2.50. The van der Waals surface area contributed by atoms with E-state index in [9.17, 15) is 0 Å². The maximum absolute atomic E-state index is 5.60. The molecular weight excluding hydrogens is 200 g/mol. The second kappa shape index (κ2) is 4.96. The quantitative estimate of drug-likeness (QED) is 0.816. The summed E-state index contributed by atoms with van der Waals surface area (Å²) in [4.78, 5) is 0. The topological polar surface area (TPSA) is 61.3 Å². The number of hydrogen-bond donors (Lipinski definition) is 2. The van der Waals surface area contributed by atoms with Crippen LogP contribution in [0.4, 0.5) is 0 Å². The van der Waals surface area contributed by atoms with E-state index >= 15 is 0 Å². The molecule has 0 radical (unpaired) electrons. The van der Waals surface area contributed by atoms with Crippen molar-refractivity contribution in [2.45, 2.75) is 6.54 Å². The summed E-state index contributed by atoms with van der Waals surface area (Å²) in [6, 6.07) is 12.2. The SMILES string of the molecule is NCCOc1ccc2cc(CN)ccc2c1. The van der Waals surface area contributed by atoms with Crippen LogP contribution >= 0.6 is 0 Å². The van der Waals surface area contributed by atoms with Gasteiger partial charge < -0.3 is 16.2 Å². The van der Waals surface area contributed by atoms with Crippen LogP contribution in [0.15, 0.2) is 36.4 Å². The van der Waals surface area contributed by atoms with E-state index < -0.39 is 0 Å². The highest BCUT2D eigenvalue weighted by Crippen LogP contribution is 2.21. The highest BCUT2D eigenvalue weighted by molar-refractivity contribution is 5.84. The summed E-state index contributed by atoms with van der Waals surface area (Å²) >= 11 is 0. The van der Waals surface area contributed by atoms with Gasteiger partial charge in [-0.1, -0.05) is 18.2 Å². The first kappa shape index (κ1) is 10.9. The molecule has 0 unspecified atom stereocenters. The van der Waals surface area contributed by atoms with Crippen molar-refractivity contribution in [2.24, 2.45) is 11.5 Å². The van der Waals surface area contributed by atoms with Crippen molar-refractivity contribution < 1.29 is 4.74 Å². The van der Waals surface area contributed by atoms with E-state index in [2.05, 4.69) is 12.1 Å². The molecule has 0 atom stereocenters. The predicted molar refractivity (Wildman–Crippen MR) is 66.4 cm³/mol. The first-order valence-corrected chi connectivity index (χ1v) is 5.39. The molecule has 0 aliphatic rings. The Kier molecular flexibility index (Phi) is 3.39. The standard InChI is InChI=1S/C13H16N2O/c14-5-6-16-13-4-3-11-7-10(9-15)1-2-12(11)8-13/h1-4,7-8H,5-6,9,14-15H2. The number of nitrogens with two attached hydrogens (primary N) is 2. The van der Waals surface area contributed by atoms with E-state index in [1.54, 1.807) is 0 Å². The fourth-order valence-corrected chi connectivity index (χ4v) is 1.67. The summed E-state index contributed by atoms with van der Waals surface area (Å²) in [7, 11) is 0. The van der Waals surface area contributed by atoms with Gasteiger partial charge in [0.1, 0.15) is 12.4 Å². The van der Waals surface area contributed by atoms with Gasteiger partial charge in [-0.25, -0.2) is 0 Å².